The van der Waals surface area contributed by atoms with Gasteiger partial charge in [-0.1, -0.05) is 18.2 Å². The molecule has 3 aliphatic rings. The molecule has 31 heavy (non-hydrogen) atoms. The highest BCUT2D eigenvalue weighted by Crippen LogP contribution is 2.41. The Balaban J connectivity index is 1.14. The molecular formula is C23H32N4O3S. The normalized spacial score (nSPS) is 24.5. The summed E-state index contributed by atoms with van der Waals surface area (Å²) in [6.07, 6.45) is 4.99. The number of likely N-dealkylation sites (tertiary alicyclic amines) is 1. The van der Waals surface area contributed by atoms with E-state index in [1.807, 2.05) is 12.1 Å². The van der Waals surface area contributed by atoms with Crippen molar-refractivity contribution in [3.63, 3.8) is 0 Å². The van der Waals surface area contributed by atoms with E-state index < -0.39 is 5.60 Å². The van der Waals surface area contributed by atoms with Crippen LogP contribution in [0.2, 0.25) is 0 Å². The number of ether oxygens (including phenoxy) is 2. The lowest BCUT2D eigenvalue weighted by molar-refractivity contribution is -0.0194. The lowest BCUT2D eigenvalue weighted by Gasteiger charge is -2.47. The van der Waals surface area contributed by atoms with Crippen LogP contribution in [0.1, 0.15) is 44.6 Å². The molecule has 2 aromatic rings. The molecule has 0 radical (unpaired) electrons. The zero-order valence-electron chi connectivity index (χ0n) is 18.4. The van der Waals surface area contributed by atoms with Gasteiger partial charge in [0, 0.05) is 17.6 Å². The summed E-state index contributed by atoms with van der Waals surface area (Å²) in [7, 11) is 0. The van der Waals surface area contributed by atoms with Crippen molar-refractivity contribution >= 4 is 16.7 Å². The minimum Gasteiger partial charge on any atom is -0.490 e. The molecule has 168 valence electrons. The summed E-state index contributed by atoms with van der Waals surface area (Å²) in [4.78, 5) is 9.21. The Morgan fingerprint density at radius 3 is 2.74 bits per heavy atom. The Labute approximate surface area is 188 Å². The van der Waals surface area contributed by atoms with Crippen molar-refractivity contribution in [3.05, 3.63) is 36.2 Å². The van der Waals surface area contributed by atoms with Crippen LogP contribution < -0.4 is 9.64 Å². The predicted octanol–water partition coefficient (Wildman–Crippen LogP) is 2.92. The number of anilines is 1. The highest BCUT2D eigenvalue weighted by Gasteiger charge is 2.51. The average Bonchev–Trinajstić information content (AvgIpc) is 3.41. The van der Waals surface area contributed by atoms with Crippen LogP contribution in [0.5, 0.6) is 5.75 Å². The van der Waals surface area contributed by atoms with E-state index in [-0.39, 0.29) is 5.60 Å². The molecule has 0 saturated carbocycles. The molecule has 8 heteroatoms. The quantitative estimate of drug-likeness (QED) is 0.735. The first kappa shape index (κ1) is 21.1. The highest BCUT2D eigenvalue weighted by molar-refractivity contribution is 7.09. The third-order valence-electron chi connectivity index (χ3n) is 6.75. The summed E-state index contributed by atoms with van der Waals surface area (Å²) in [6, 6.07) is 8.83. The van der Waals surface area contributed by atoms with Gasteiger partial charge in [-0.2, -0.15) is 4.37 Å². The third kappa shape index (κ3) is 4.58. The topological polar surface area (TPSA) is 71.0 Å². The molecule has 1 aromatic heterocycles. The minimum absolute atomic E-state index is 0.00469. The second-order valence-corrected chi connectivity index (χ2v) is 10.6. The van der Waals surface area contributed by atoms with E-state index >= 15 is 0 Å². The predicted molar refractivity (Wildman–Crippen MR) is 121 cm³/mol. The number of piperidine rings is 1. The van der Waals surface area contributed by atoms with Crippen LogP contribution in [-0.2, 0) is 4.74 Å². The van der Waals surface area contributed by atoms with Crippen molar-refractivity contribution in [2.75, 3.05) is 44.3 Å². The molecule has 0 unspecified atom stereocenters. The molecule has 1 spiro atoms. The van der Waals surface area contributed by atoms with Crippen LogP contribution in [0.4, 0.5) is 5.13 Å². The Hall–Kier alpha value is -1.74. The van der Waals surface area contributed by atoms with Gasteiger partial charge in [0.15, 0.2) is 0 Å². The summed E-state index contributed by atoms with van der Waals surface area (Å²) in [6.45, 7) is 8.74. The Kier molecular flexibility index (Phi) is 5.66. The fourth-order valence-electron chi connectivity index (χ4n) is 5.15. The number of rotatable bonds is 6. The standard InChI is InChI=1S/C23H32N4O3S/c1-22(2,28)15-29-20-6-4-3-5-19(20)17-7-9-26(10-8-17)18-11-23(30-12-18)13-27(14-23)21-24-16-25-31-21/h3-6,16-18,28H,7-15H2,1-2H3/t18-/m0/s1. The molecule has 1 aromatic carbocycles. The second kappa shape index (κ2) is 8.31. The third-order valence-corrected chi connectivity index (χ3v) is 7.48. The number of benzene rings is 1. The molecule has 0 amide bonds. The zero-order chi connectivity index (χ0) is 21.5. The van der Waals surface area contributed by atoms with Gasteiger partial charge in [-0.05, 0) is 63.7 Å². The molecule has 3 fully saturated rings. The monoisotopic (exact) mass is 444 g/mol. The molecule has 1 N–H and O–H groups in total. The maximum absolute atomic E-state index is 10.0. The number of aromatic nitrogens is 2. The van der Waals surface area contributed by atoms with Crippen LogP contribution in [0.15, 0.2) is 30.6 Å². The van der Waals surface area contributed by atoms with E-state index in [9.17, 15) is 5.11 Å². The molecule has 0 aliphatic carbocycles. The van der Waals surface area contributed by atoms with Crippen LogP contribution >= 0.6 is 11.5 Å². The van der Waals surface area contributed by atoms with Crippen molar-refractivity contribution in [1.82, 2.24) is 14.3 Å². The maximum Gasteiger partial charge on any atom is 0.205 e. The van der Waals surface area contributed by atoms with Crippen LogP contribution in [-0.4, -0.2) is 76.0 Å². The van der Waals surface area contributed by atoms with Gasteiger partial charge >= 0.3 is 0 Å². The van der Waals surface area contributed by atoms with E-state index in [2.05, 4.69) is 31.3 Å². The fourth-order valence-corrected chi connectivity index (χ4v) is 5.67. The first-order valence-electron chi connectivity index (χ1n) is 11.2. The number of aliphatic hydroxyl groups is 1. The van der Waals surface area contributed by atoms with Gasteiger partial charge in [-0.25, -0.2) is 4.98 Å². The summed E-state index contributed by atoms with van der Waals surface area (Å²) < 4.78 is 16.4. The lowest BCUT2D eigenvalue weighted by atomic mass is 9.86. The molecule has 3 saturated heterocycles. The van der Waals surface area contributed by atoms with Crippen LogP contribution in [0.25, 0.3) is 0 Å². The van der Waals surface area contributed by atoms with Gasteiger partial charge in [0.05, 0.1) is 25.3 Å². The smallest absolute Gasteiger partial charge is 0.205 e. The van der Waals surface area contributed by atoms with Crippen molar-refractivity contribution in [2.45, 2.75) is 56.3 Å². The number of para-hydroxylation sites is 1. The van der Waals surface area contributed by atoms with Gasteiger partial charge < -0.3 is 19.5 Å². The number of hydrogen-bond donors (Lipinski definition) is 1. The number of nitrogens with zero attached hydrogens (tertiary/aromatic N) is 4. The average molecular weight is 445 g/mol. The summed E-state index contributed by atoms with van der Waals surface area (Å²) in [5.41, 5.74) is 0.449. The van der Waals surface area contributed by atoms with Gasteiger partial charge in [-0.15, -0.1) is 0 Å². The van der Waals surface area contributed by atoms with Crippen LogP contribution in [0.3, 0.4) is 0 Å². The molecule has 1 atom stereocenters. The van der Waals surface area contributed by atoms with E-state index in [0.717, 1.165) is 62.9 Å². The summed E-state index contributed by atoms with van der Waals surface area (Å²) in [5.74, 6) is 1.42. The molecule has 0 bridgehead atoms. The van der Waals surface area contributed by atoms with Crippen molar-refractivity contribution in [2.24, 2.45) is 0 Å². The van der Waals surface area contributed by atoms with Gasteiger partial charge in [0.1, 0.15) is 24.3 Å². The molecule has 7 nitrogen and oxygen atoms in total. The van der Waals surface area contributed by atoms with E-state index in [1.54, 1.807) is 20.2 Å². The Morgan fingerprint density at radius 1 is 1.26 bits per heavy atom. The van der Waals surface area contributed by atoms with E-state index in [1.165, 1.54) is 17.1 Å². The van der Waals surface area contributed by atoms with Crippen molar-refractivity contribution in [3.8, 4) is 5.75 Å². The van der Waals surface area contributed by atoms with Crippen molar-refractivity contribution in [1.29, 1.82) is 0 Å². The SMILES string of the molecule is CC(C)(O)COc1ccccc1C1CCN([C@@H]2COC3(C2)CN(c2ncns2)C3)CC1. The molecule has 4 heterocycles. The Morgan fingerprint density at radius 2 is 2.03 bits per heavy atom. The van der Waals surface area contributed by atoms with Crippen molar-refractivity contribution < 1.29 is 14.6 Å². The van der Waals surface area contributed by atoms with Gasteiger partial charge in [-0.3, -0.25) is 4.90 Å². The molecule has 5 rings (SSSR count). The largest absolute Gasteiger partial charge is 0.490 e. The molecule has 3 aliphatic heterocycles. The second-order valence-electron chi connectivity index (χ2n) is 9.88. The fraction of sp³-hybridized carbons (Fsp3) is 0.652. The maximum atomic E-state index is 10.0. The first-order chi connectivity index (χ1) is 14.9. The summed E-state index contributed by atoms with van der Waals surface area (Å²) >= 11 is 1.46. The highest BCUT2D eigenvalue weighted by atomic mass is 32.1. The minimum atomic E-state index is -0.831. The van der Waals surface area contributed by atoms with Gasteiger partial charge in [0.25, 0.3) is 0 Å². The van der Waals surface area contributed by atoms with E-state index in [4.69, 9.17) is 9.47 Å². The zero-order valence-corrected chi connectivity index (χ0v) is 19.2. The Bertz CT molecular complexity index is 871. The lowest BCUT2D eigenvalue weighted by Crippen LogP contribution is -2.62. The van der Waals surface area contributed by atoms with E-state index in [0.29, 0.717) is 18.6 Å². The molecular weight excluding hydrogens is 412 g/mol. The van der Waals surface area contributed by atoms with Crippen LogP contribution in [0, 0.1) is 0 Å². The van der Waals surface area contributed by atoms with Gasteiger partial charge in [0.2, 0.25) is 5.13 Å². The summed E-state index contributed by atoms with van der Waals surface area (Å²) in [5, 5.41) is 11.0. The number of hydrogen-bond acceptors (Lipinski definition) is 8. The first-order valence-corrected chi connectivity index (χ1v) is 12.0.